The molecule has 0 bridgehead atoms. The summed E-state index contributed by atoms with van der Waals surface area (Å²) in [5.74, 6) is -1.65. The van der Waals surface area contributed by atoms with E-state index in [0.717, 1.165) is 17.7 Å². The minimum absolute atomic E-state index is 0.0585. The van der Waals surface area contributed by atoms with E-state index in [2.05, 4.69) is 0 Å². The molecule has 0 aliphatic heterocycles. The van der Waals surface area contributed by atoms with Gasteiger partial charge in [0.1, 0.15) is 29.7 Å². The molecule has 0 saturated heterocycles. The fourth-order valence-corrected chi connectivity index (χ4v) is 2.31. The van der Waals surface area contributed by atoms with Gasteiger partial charge in [0.05, 0.1) is 12.7 Å². The van der Waals surface area contributed by atoms with Crippen LogP contribution in [-0.2, 0) is 6.61 Å². The minimum atomic E-state index is -0.869. The van der Waals surface area contributed by atoms with Crippen LogP contribution in [0.3, 0.4) is 0 Å². The molecule has 3 nitrogen and oxygen atoms in total. The molecule has 2 aromatic rings. The number of carbonyl (C=O) groups excluding carboxylic acids is 1. The van der Waals surface area contributed by atoms with Gasteiger partial charge in [-0.3, -0.25) is 4.79 Å². The zero-order chi connectivity index (χ0) is 16.4. The third-order valence-electron chi connectivity index (χ3n) is 3.77. The summed E-state index contributed by atoms with van der Waals surface area (Å²) in [7, 11) is 1.57. The average Bonchev–Trinajstić information content (AvgIpc) is 3.37. The molecule has 0 radical (unpaired) electrons. The maximum Gasteiger partial charge on any atom is 0.171 e. The summed E-state index contributed by atoms with van der Waals surface area (Å²) in [6.07, 6.45) is 1.40. The lowest BCUT2D eigenvalue weighted by Gasteiger charge is -2.10. The maximum absolute atomic E-state index is 14.0. The number of methoxy groups -OCH3 is 1. The van der Waals surface area contributed by atoms with E-state index in [1.165, 1.54) is 0 Å². The molecule has 0 N–H and O–H groups in total. The van der Waals surface area contributed by atoms with Crippen LogP contribution in [0.1, 0.15) is 28.8 Å². The van der Waals surface area contributed by atoms with Crippen LogP contribution in [0.2, 0.25) is 0 Å². The molecule has 0 spiro atoms. The number of rotatable bonds is 6. The maximum atomic E-state index is 14.0. The van der Waals surface area contributed by atoms with Crippen LogP contribution in [0.5, 0.6) is 11.5 Å². The van der Waals surface area contributed by atoms with E-state index in [9.17, 15) is 13.6 Å². The molecule has 2 aromatic carbocycles. The fourth-order valence-electron chi connectivity index (χ4n) is 2.31. The first-order valence-corrected chi connectivity index (χ1v) is 7.37. The lowest BCUT2D eigenvalue weighted by atomic mass is 10.1. The average molecular weight is 318 g/mol. The molecule has 0 aromatic heterocycles. The Hall–Kier alpha value is -2.43. The summed E-state index contributed by atoms with van der Waals surface area (Å²) >= 11 is 0. The number of hydrogen-bond acceptors (Lipinski definition) is 3. The highest BCUT2D eigenvalue weighted by Crippen LogP contribution is 2.35. The smallest absolute Gasteiger partial charge is 0.171 e. The second kappa shape index (κ2) is 6.36. The van der Waals surface area contributed by atoms with Crippen molar-refractivity contribution in [2.45, 2.75) is 19.4 Å². The summed E-state index contributed by atoms with van der Waals surface area (Å²) in [5.41, 5.74) is 0.383. The van der Waals surface area contributed by atoms with E-state index >= 15 is 0 Å². The quantitative estimate of drug-likeness (QED) is 0.751. The van der Waals surface area contributed by atoms with Gasteiger partial charge < -0.3 is 9.47 Å². The highest BCUT2D eigenvalue weighted by Gasteiger charge is 2.34. The van der Waals surface area contributed by atoms with Gasteiger partial charge >= 0.3 is 0 Å². The first-order valence-electron chi connectivity index (χ1n) is 7.37. The second-order valence-electron chi connectivity index (χ2n) is 5.54. The molecule has 5 heteroatoms. The van der Waals surface area contributed by atoms with Crippen molar-refractivity contribution in [2.75, 3.05) is 7.11 Å². The molecule has 3 rings (SSSR count). The molecule has 0 unspecified atom stereocenters. The molecule has 0 amide bonds. The number of benzene rings is 2. The number of carbonyl (C=O) groups is 1. The Labute approximate surface area is 132 Å². The normalized spacial score (nSPS) is 13.7. The fraction of sp³-hybridized carbons (Fsp3) is 0.278. The Bertz CT molecular complexity index is 699. The Morgan fingerprint density at radius 1 is 1.09 bits per heavy atom. The standard InChI is InChI=1S/C18H16F2O3/c1-22-13-6-2-11(3-7-13)10-23-14-8-15(19)17(16(20)9-14)18(21)12-4-5-12/h2-3,6-9,12H,4-5,10H2,1H3. The minimum Gasteiger partial charge on any atom is -0.497 e. The molecule has 0 atom stereocenters. The largest absolute Gasteiger partial charge is 0.497 e. The number of ketones is 1. The SMILES string of the molecule is COc1ccc(COc2cc(F)c(C(=O)C3CC3)c(F)c2)cc1. The second-order valence-corrected chi connectivity index (χ2v) is 5.54. The lowest BCUT2D eigenvalue weighted by Crippen LogP contribution is -2.08. The van der Waals surface area contributed by atoms with Gasteiger partial charge in [0.15, 0.2) is 5.78 Å². The van der Waals surface area contributed by atoms with Gasteiger partial charge in [0, 0.05) is 18.1 Å². The summed E-state index contributed by atoms with van der Waals surface area (Å²) < 4.78 is 38.5. The molecular weight excluding hydrogens is 302 g/mol. The van der Waals surface area contributed by atoms with Gasteiger partial charge in [-0.05, 0) is 30.5 Å². The van der Waals surface area contributed by atoms with Crippen LogP contribution in [0.15, 0.2) is 36.4 Å². The highest BCUT2D eigenvalue weighted by molar-refractivity contribution is 5.99. The molecule has 1 fully saturated rings. The van der Waals surface area contributed by atoms with Crippen LogP contribution in [0.25, 0.3) is 0 Å². The Kier molecular flexibility index (Phi) is 4.28. The Balaban J connectivity index is 1.71. The highest BCUT2D eigenvalue weighted by atomic mass is 19.1. The molecule has 1 aliphatic carbocycles. The van der Waals surface area contributed by atoms with E-state index in [1.54, 1.807) is 31.4 Å². The summed E-state index contributed by atoms with van der Waals surface area (Å²) in [6, 6.07) is 9.27. The van der Waals surface area contributed by atoms with Crippen LogP contribution >= 0.6 is 0 Å². The molecule has 1 saturated carbocycles. The third kappa shape index (κ3) is 3.50. The first kappa shape index (κ1) is 15.5. The third-order valence-corrected chi connectivity index (χ3v) is 3.77. The Morgan fingerprint density at radius 2 is 1.70 bits per heavy atom. The molecule has 0 heterocycles. The van der Waals surface area contributed by atoms with Crippen molar-refractivity contribution >= 4 is 5.78 Å². The van der Waals surface area contributed by atoms with Gasteiger partial charge in [0.2, 0.25) is 0 Å². The van der Waals surface area contributed by atoms with Crippen molar-refractivity contribution in [1.82, 2.24) is 0 Å². The predicted octanol–water partition coefficient (Wildman–Crippen LogP) is 4.15. The van der Waals surface area contributed by atoms with Gasteiger partial charge in [-0.15, -0.1) is 0 Å². The van der Waals surface area contributed by atoms with Gasteiger partial charge in [-0.2, -0.15) is 0 Å². The Morgan fingerprint density at radius 3 is 2.22 bits per heavy atom. The summed E-state index contributed by atoms with van der Waals surface area (Å²) in [6.45, 7) is 0.165. The zero-order valence-electron chi connectivity index (χ0n) is 12.6. The van der Waals surface area contributed by atoms with E-state index in [0.29, 0.717) is 18.6 Å². The van der Waals surface area contributed by atoms with Gasteiger partial charge in [0.25, 0.3) is 0 Å². The van der Waals surface area contributed by atoms with Crippen LogP contribution < -0.4 is 9.47 Å². The van der Waals surface area contributed by atoms with Gasteiger partial charge in [-0.25, -0.2) is 8.78 Å². The predicted molar refractivity (Wildman–Crippen MR) is 80.7 cm³/mol. The van der Waals surface area contributed by atoms with Crippen LogP contribution in [-0.4, -0.2) is 12.9 Å². The van der Waals surface area contributed by atoms with Crippen molar-refractivity contribution < 1.29 is 23.0 Å². The lowest BCUT2D eigenvalue weighted by molar-refractivity contribution is 0.0959. The van der Waals surface area contributed by atoms with Crippen LogP contribution in [0, 0.1) is 17.6 Å². The van der Waals surface area contributed by atoms with Gasteiger partial charge in [-0.1, -0.05) is 12.1 Å². The number of halogens is 2. The van der Waals surface area contributed by atoms with Crippen molar-refractivity contribution in [2.24, 2.45) is 5.92 Å². The summed E-state index contributed by atoms with van der Waals surface area (Å²) in [4.78, 5) is 11.9. The van der Waals surface area contributed by atoms with Crippen molar-refractivity contribution in [3.8, 4) is 11.5 Å². The van der Waals surface area contributed by atoms with E-state index < -0.39 is 23.0 Å². The number of Topliss-reactive ketones (excluding diaryl/α,β-unsaturated/α-hetero) is 1. The molecule has 23 heavy (non-hydrogen) atoms. The topological polar surface area (TPSA) is 35.5 Å². The first-order chi connectivity index (χ1) is 11.1. The van der Waals surface area contributed by atoms with E-state index in [-0.39, 0.29) is 18.3 Å². The van der Waals surface area contributed by atoms with Crippen molar-refractivity contribution in [3.63, 3.8) is 0 Å². The molecular formula is C18H16F2O3. The number of hydrogen-bond donors (Lipinski definition) is 0. The number of ether oxygens (including phenoxy) is 2. The van der Waals surface area contributed by atoms with E-state index in [1.807, 2.05) is 0 Å². The summed E-state index contributed by atoms with van der Waals surface area (Å²) in [5, 5.41) is 0. The van der Waals surface area contributed by atoms with Crippen molar-refractivity contribution in [1.29, 1.82) is 0 Å². The van der Waals surface area contributed by atoms with Crippen molar-refractivity contribution in [3.05, 3.63) is 59.2 Å². The monoisotopic (exact) mass is 318 g/mol. The zero-order valence-corrected chi connectivity index (χ0v) is 12.6. The van der Waals surface area contributed by atoms with Crippen LogP contribution in [0.4, 0.5) is 8.78 Å². The molecule has 120 valence electrons. The van der Waals surface area contributed by atoms with E-state index in [4.69, 9.17) is 9.47 Å². The molecule has 1 aliphatic rings.